The third-order valence-electron chi connectivity index (χ3n) is 3.93. The second-order valence-corrected chi connectivity index (χ2v) is 5.81. The lowest BCUT2D eigenvalue weighted by atomic mass is 10.1. The zero-order valence-electron chi connectivity index (χ0n) is 16.1. The number of guanidine groups is 1. The van der Waals surface area contributed by atoms with E-state index < -0.39 is 0 Å². The van der Waals surface area contributed by atoms with Crippen LogP contribution in [0.2, 0.25) is 0 Å². The Morgan fingerprint density at radius 3 is 2.48 bits per heavy atom. The molecule has 0 fully saturated rings. The maximum absolute atomic E-state index is 13.4. The minimum Gasteiger partial charge on any atom is -0.497 e. The van der Waals surface area contributed by atoms with Gasteiger partial charge in [-0.3, -0.25) is 0 Å². The molecule has 0 aliphatic carbocycles. The van der Waals surface area contributed by atoms with Gasteiger partial charge in [0.2, 0.25) is 0 Å². The van der Waals surface area contributed by atoms with Crippen LogP contribution in [0.25, 0.3) is 0 Å². The van der Waals surface area contributed by atoms with E-state index in [1.807, 2.05) is 31.2 Å². The Bertz CT molecular complexity index is 769. The number of nitrogens with zero attached hydrogens (tertiary/aromatic N) is 1. The first-order chi connectivity index (χ1) is 12.6. The molecule has 0 bridgehead atoms. The second-order valence-electron chi connectivity index (χ2n) is 5.81. The Hall–Kier alpha value is -2.03. The summed E-state index contributed by atoms with van der Waals surface area (Å²) < 4.78 is 24.0. The minimum atomic E-state index is -0.200. The van der Waals surface area contributed by atoms with Gasteiger partial charge in [-0.15, -0.1) is 24.0 Å². The van der Waals surface area contributed by atoms with Crippen molar-refractivity contribution >= 4 is 29.9 Å². The molecule has 0 aromatic heterocycles. The van der Waals surface area contributed by atoms with Crippen LogP contribution in [0, 0.1) is 12.7 Å². The molecule has 0 amide bonds. The van der Waals surface area contributed by atoms with Crippen LogP contribution in [0.3, 0.4) is 0 Å². The lowest BCUT2D eigenvalue weighted by molar-refractivity contribution is 0.390. The van der Waals surface area contributed by atoms with Gasteiger partial charge in [-0.25, -0.2) is 9.38 Å². The number of nitrogens with one attached hydrogen (secondary N) is 2. The molecule has 0 heterocycles. The van der Waals surface area contributed by atoms with Gasteiger partial charge < -0.3 is 20.1 Å². The summed E-state index contributed by atoms with van der Waals surface area (Å²) in [6, 6.07) is 10.7. The Morgan fingerprint density at radius 2 is 1.85 bits per heavy atom. The number of hydrogen-bond donors (Lipinski definition) is 2. The van der Waals surface area contributed by atoms with E-state index in [0.29, 0.717) is 24.6 Å². The van der Waals surface area contributed by atoms with E-state index in [1.165, 1.54) is 6.07 Å². The van der Waals surface area contributed by atoms with Gasteiger partial charge in [0, 0.05) is 24.7 Å². The molecule has 0 aliphatic heterocycles. The van der Waals surface area contributed by atoms with E-state index in [-0.39, 0.29) is 29.8 Å². The molecule has 0 spiro atoms. The molecule has 148 valence electrons. The second kappa shape index (κ2) is 11.6. The van der Waals surface area contributed by atoms with E-state index in [4.69, 9.17) is 9.47 Å². The van der Waals surface area contributed by atoms with Crippen LogP contribution in [-0.2, 0) is 13.1 Å². The highest BCUT2D eigenvalue weighted by atomic mass is 127. The lowest BCUT2D eigenvalue weighted by Crippen LogP contribution is -2.36. The number of aryl methyl sites for hydroxylation is 1. The Labute approximate surface area is 177 Å². The van der Waals surface area contributed by atoms with Gasteiger partial charge in [-0.2, -0.15) is 0 Å². The Balaban J connectivity index is 0.00000364. The smallest absolute Gasteiger partial charge is 0.191 e. The number of methoxy groups -OCH3 is 2. The Kier molecular flexibility index (Phi) is 9.92. The number of ether oxygens (including phenoxy) is 2. The summed E-state index contributed by atoms with van der Waals surface area (Å²) in [4.78, 5) is 4.57. The molecule has 2 rings (SSSR count). The average molecular weight is 487 g/mol. The highest BCUT2D eigenvalue weighted by molar-refractivity contribution is 14.0. The van der Waals surface area contributed by atoms with Crippen molar-refractivity contribution < 1.29 is 13.9 Å². The van der Waals surface area contributed by atoms with Crippen LogP contribution in [-0.4, -0.2) is 26.7 Å². The molecule has 0 atom stereocenters. The molecule has 0 aliphatic rings. The number of benzene rings is 2. The largest absolute Gasteiger partial charge is 0.497 e. The molecule has 2 aromatic rings. The molecule has 0 saturated carbocycles. The number of halogens is 2. The van der Waals surface area contributed by atoms with Gasteiger partial charge in [-0.05, 0) is 43.2 Å². The number of hydrogen-bond acceptors (Lipinski definition) is 3. The normalized spacial score (nSPS) is 10.8. The predicted molar refractivity (Wildman–Crippen MR) is 118 cm³/mol. The number of aliphatic imine (C=N–C) groups is 1. The fraction of sp³-hybridized carbons (Fsp3) is 0.350. The summed E-state index contributed by atoms with van der Waals surface area (Å²) >= 11 is 0. The van der Waals surface area contributed by atoms with Crippen molar-refractivity contribution in [1.82, 2.24) is 10.6 Å². The van der Waals surface area contributed by atoms with Crippen LogP contribution in [0.5, 0.6) is 11.5 Å². The lowest BCUT2D eigenvalue weighted by Gasteiger charge is -2.14. The van der Waals surface area contributed by atoms with Crippen LogP contribution < -0.4 is 20.1 Å². The van der Waals surface area contributed by atoms with Gasteiger partial charge in [0.05, 0.1) is 20.8 Å². The summed E-state index contributed by atoms with van der Waals surface area (Å²) in [6.07, 6.45) is 0. The maximum atomic E-state index is 13.4. The summed E-state index contributed by atoms with van der Waals surface area (Å²) in [5.74, 6) is 1.99. The molecule has 0 saturated heterocycles. The molecular formula is C20H27FIN3O2. The molecule has 2 N–H and O–H groups in total. The summed E-state index contributed by atoms with van der Waals surface area (Å²) in [5, 5.41) is 6.50. The van der Waals surface area contributed by atoms with Crippen molar-refractivity contribution in [2.75, 3.05) is 20.8 Å². The van der Waals surface area contributed by atoms with E-state index in [2.05, 4.69) is 15.6 Å². The molecule has 0 radical (unpaired) electrons. The first-order valence-electron chi connectivity index (χ1n) is 8.55. The van der Waals surface area contributed by atoms with Crippen LogP contribution >= 0.6 is 24.0 Å². The van der Waals surface area contributed by atoms with Crippen molar-refractivity contribution in [3.8, 4) is 11.5 Å². The fourth-order valence-electron chi connectivity index (χ4n) is 2.49. The SMILES string of the molecule is CCNC(=NCc1ccc(F)c(C)c1)NCc1ccc(OC)cc1OC.I. The molecule has 27 heavy (non-hydrogen) atoms. The third-order valence-corrected chi connectivity index (χ3v) is 3.93. The third kappa shape index (κ3) is 6.89. The van der Waals surface area contributed by atoms with Gasteiger partial charge >= 0.3 is 0 Å². The number of rotatable bonds is 7. The zero-order chi connectivity index (χ0) is 18.9. The van der Waals surface area contributed by atoms with Gasteiger partial charge in [0.1, 0.15) is 17.3 Å². The fourth-order valence-corrected chi connectivity index (χ4v) is 2.49. The van der Waals surface area contributed by atoms with E-state index in [0.717, 1.165) is 29.2 Å². The first kappa shape index (κ1) is 23.0. The average Bonchev–Trinajstić information content (AvgIpc) is 2.66. The quantitative estimate of drug-likeness (QED) is 0.352. The Morgan fingerprint density at radius 1 is 1.07 bits per heavy atom. The monoisotopic (exact) mass is 487 g/mol. The van der Waals surface area contributed by atoms with Gasteiger partial charge in [0.15, 0.2) is 5.96 Å². The van der Waals surface area contributed by atoms with E-state index >= 15 is 0 Å². The molecule has 2 aromatic carbocycles. The van der Waals surface area contributed by atoms with Crippen molar-refractivity contribution in [3.63, 3.8) is 0 Å². The van der Waals surface area contributed by atoms with E-state index in [1.54, 1.807) is 27.2 Å². The standard InChI is InChI=1S/C20H26FN3O2.HI/c1-5-22-20(23-12-15-6-9-18(21)14(2)10-15)24-13-16-7-8-17(25-3)11-19(16)26-4;/h6-11H,5,12-13H2,1-4H3,(H2,22,23,24);1H. The molecule has 7 heteroatoms. The van der Waals surface area contributed by atoms with Crippen LogP contribution in [0.15, 0.2) is 41.4 Å². The highest BCUT2D eigenvalue weighted by Crippen LogP contribution is 2.24. The topological polar surface area (TPSA) is 54.9 Å². The molecule has 5 nitrogen and oxygen atoms in total. The predicted octanol–water partition coefficient (Wildman–Crippen LogP) is 4.02. The van der Waals surface area contributed by atoms with E-state index in [9.17, 15) is 4.39 Å². The highest BCUT2D eigenvalue weighted by Gasteiger charge is 2.06. The summed E-state index contributed by atoms with van der Waals surface area (Å²) in [5.41, 5.74) is 2.58. The van der Waals surface area contributed by atoms with Crippen molar-refractivity contribution in [2.24, 2.45) is 4.99 Å². The zero-order valence-corrected chi connectivity index (χ0v) is 18.5. The first-order valence-corrected chi connectivity index (χ1v) is 8.55. The maximum Gasteiger partial charge on any atom is 0.191 e. The summed E-state index contributed by atoms with van der Waals surface area (Å²) in [7, 11) is 3.26. The minimum absolute atomic E-state index is 0. The molecular weight excluding hydrogens is 460 g/mol. The van der Waals surface area contributed by atoms with Crippen molar-refractivity contribution in [2.45, 2.75) is 26.9 Å². The van der Waals surface area contributed by atoms with Crippen LogP contribution in [0.1, 0.15) is 23.6 Å². The van der Waals surface area contributed by atoms with Gasteiger partial charge in [-0.1, -0.05) is 12.1 Å². The van der Waals surface area contributed by atoms with Crippen molar-refractivity contribution in [3.05, 3.63) is 58.9 Å². The van der Waals surface area contributed by atoms with Crippen LogP contribution in [0.4, 0.5) is 4.39 Å². The molecule has 0 unspecified atom stereocenters. The van der Waals surface area contributed by atoms with Crippen molar-refractivity contribution in [1.29, 1.82) is 0 Å². The van der Waals surface area contributed by atoms with Gasteiger partial charge in [0.25, 0.3) is 0 Å². The summed E-state index contributed by atoms with van der Waals surface area (Å²) in [6.45, 7) is 5.53.